The van der Waals surface area contributed by atoms with Crippen molar-refractivity contribution in [1.82, 2.24) is 0 Å². The summed E-state index contributed by atoms with van der Waals surface area (Å²) in [4.78, 5) is 26.1. The molecule has 1 amide bonds. The molecule has 7 heteroatoms. The molecule has 1 aliphatic rings. The zero-order valence-electron chi connectivity index (χ0n) is 14.5. The minimum absolute atomic E-state index is 0.0661. The Kier molecular flexibility index (Phi) is 4.78. The molecular weight excluding hydrogens is 359 g/mol. The molecule has 2 aromatic carbocycles. The van der Waals surface area contributed by atoms with Gasteiger partial charge in [-0.05, 0) is 18.2 Å². The van der Waals surface area contributed by atoms with Gasteiger partial charge in [0.1, 0.15) is 17.5 Å². The second-order valence-corrected chi connectivity index (χ2v) is 6.51. The summed E-state index contributed by atoms with van der Waals surface area (Å²) in [5, 5.41) is 10.3. The number of aliphatic hydroxyl groups excluding tert-OH is 1. The first-order valence-corrected chi connectivity index (χ1v) is 8.23. The van der Waals surface area contributed by atoms with Crippen molar-refractivity contribution in [1.29, 1.82) is 0 Å². The first kappa shape index (κ1) is 18.7. The van der Waals surface area contributed by atoms with Gasteiger partial charge in [-0.3, -0.25) is 14.5 Å². The lowest BCUT2D eigenvalue weighted by atomic mass is 9.91. The van der Waals surface area contributed by atoms with Crippen molar-refractivity contribution in [3.05, 3.63) is 76.8 Å². The van der Waals surface area contributed by atoms with Gasteiger partial charge in [0, 0.05) is 17.5 Å². The molecule has 1 unspecified atom stereocenters. The zero-order valence-corrected chi connectivity index (χ0v) is 14.5. The predicted octanol–water partition coefficient (Wildman–Crippen LogP) is 4.23. The van der Waals surface area contributed by atoms with Crippen LogP contribution in [0.2, 0.25) is 0 Å². The van der Waals surface area contributed by atoms with Crippen LogP contribution in [0, 0.1) is 23.4 Å². The Labute approximate surface area is 153 Å². The molecule has 140 valence electrons. The third kappa shape index (κ3) is 3.20. The van der Waals surface area contributed by atoms with Crippen LogP contribution in [0.4, 0.5) is 18.9 Å². The maximum atomic E-state index is 14.5. The summed E-state index contributed by atoms with van der Waals surface area (Å²) in [5.41, 5.74) is -0.600. The number of anilines is 1. The molecule has 0 radical (unpaired) electrons. The summed E-state index contributed by atoms with van der Waals surface area (Å²) in [6, 6.07) is 6.45. The highest BCUT2D eigenvalue weighted by Gasteiger charge is 2.45. The number of halogens is 3. The minimum atomic E-state index is -1.34. The molecule has 0 aliphatic carbocycles. The van der Waals surface area contributed by atoms with Crippen molar-refractivity contribution >= 4 is 17.4 Å². The molecule has 0 aromatic heterocycles. The quantitative estimate of drug-likeness (QED) is 0.870. The van der Waals surface area contributed by atoms with E-state index in [0.717, 1.165) is 23.1 Å². The van der Waals surface area contributed by atoms with E-state index in [2.05, 4.69) is 0 Å². The number of amides is 1. The van der Waals surface area contributed by atoms with Gasteiger partial charge in [0.05, 0.1) is 17.3 Å². The summed E-state index contributed by atoms with van der Waals surface area (Å²) in [6.07, 6.45) is 0. The van der Waals surface area contributed by atoms with Gasteiger partial charge < -0.3 is 5.11 Å². The third-order valence-corrected chi connectivity index (χ3v) is 4.32. The number of rotatable bonds is 4. The number of benzene rings is 2. The third-order valence-electron chi connectivity index (χ3n) is 4.32. The standard InChI is InChI=1S/C20H16F3NO3/c1-10(2)18(25)16-17(14-5-3-4-6-15(14)23)24(20(27)19(16)26)13-8-11(21)7-12(22)9-13/h3-10,17,26H,1-2H3. The van der Waals surface area contributed by atoms with Gasteiger partial charge in [-0.2, -0.15) is 0 Å². The van der Waals surface area contributed by atoms with E-state index in [9.17, 15) is 27.9 Å². The molecule has 0 fully saturated rings. The smallest absolute Gasteiger partial charge is 0.294 e. The lowest BCUT2D eigenvalue weighted by Gasteiger charge is -2.27. The first-order chi connectivity index (χ1) is 12.7. The molecule has 3 rings (SSSR count). The molecule has 0 spiro atoms. The fourth-order valence-electron chi connectivity index (χ4n) is 3.10. The maximum absolute atomic E-state index is 14.5. The SMILES string of the molecule is CC(C)C(=O)C1=C(O)C(=O)N(c2cc(F)cc(F)c2)C1c1ccccc1F. The van der Waals surface area contributed by atoms with Crippen LogP contribution in [0.3, 0.4) is 0 Å². The predicted molar refractivity (Wildman–Crippen MR) is 92.5 cm³/mol. The van der Waals surface area contributed by atoms with E-state index in [4.69, 9.17) is 0 Å². The number of hydrogen-bond donors (Lipinski definition) is 1. The number of nitrogens with zero attached hydrogens (tertiary/aromatic N) is 1. The van der Waals surface area contributed by atoms with Crippen molar-refractivity contribution in [2.24, 2.45) is 5.92 Å². The van der Waals surface area contributed by atoms with E-state index in [-0.39, 0.29) is 16.8 Å². The Balaban J connectivity index is 2.25. The minimum Gasteiger partial charge on any atom is -0.503 e. The van der Waals surface area contributed by atoms with E-state index in [0.29, 0.717) is 6.07 Å². The fraction of sp³-hybridized carbons (Fsp3) is 0.200. The maximum Gasteiger partial charge on any atom is 0.294 e. The number of aliphatic hydroxyl groups is 1. The van der Waals surface area contributed by atoms with Crippen LogP contribution in [0.25, 0.3) is 0 Å². The van der Waals surface area contributed by atoms with Crippen LogP contribution in [0.1, 0.15) is 25.5 Å². The summed E-state index contributed by atoms with van der Waals surface area (Å²) in [5.74, 6) is -5.66. The monoisotopic (exact) mass is 375 g/mol. The van der Waals surface area contributed by atoms with Crippen LogP contribution in [-0.2, 0) is 9.59 Å². The molecule has 0 saturated heterocycles. The highest BCUT2D eigenvalue weighted by Crippen LogP contribution is 2.42. The first-order valence-electron chi connectivity index (χ1n) is 8.23. The number of hydrogen-bond acceptors (Lipinski definition) is 3. The van der Waals surface area contributed by atoms with Crippen molar-refractivity contribution in [2.45, 2.75) is 19.9 Å². The largest absolute Gasteiger partial charge is 0.503 e. The molecule has 1 aliphatic heterocycles. The second kappa shape index (κ2) is 6.90. The Morgan fingerprint density at radius 3 is 2.22 bits per heavy atom. The van der Waals surface area contributed by atoms with Gasteiger partial charge in [-0.1, -0.05) is 32.0 Å². The van der Waals surface area contributed by atoms with E-state index in [1.54, 1.807) is 13.8 Å². The van der Waals surface area contributed by atoms with Crippen LogP contribution >= 0.6 is 0 Å². The molecule has 1 heterocycles. The van der Waals surface area contributed by atoms with Gasteiger partial charge in [0.15, 0.2) is 11.5 Å². The summed E-state index contributed by atoms with van der Waals surface area (Å²) >= 11 is 0. The fourth-order valence-corrected chi connectivity index (χ4v) is 3.10. The number of carbonyl (C=O) groups is 2. The lowest BCUT2D eigenvalue weighted by molar-refractivity contribution is -0.119. The highest BCUT2D eigenvalue weighted by atomic mass is 19.1. The molecule has 27 heavy (non-hydrogen) atoms. The van der Waals surface area contributed by atoms with Crippen LogP contribution < -0.4 is 4.90 Å². The van der Waals surface area contributed by atoms with E-state index < -0.39 is 46.9 Å². The summed E-state index contributed by atoms with van der Waals surface area (Å²) < 4.78 is 41.9. The highest BCUT2D eigenvalue weighted by molar-refractivity contribution is 6.16. The average Bonchev–Trinajstić information content (AvgIpc) is 2.85. The number of ketones is 1. The van der Waals surface area contributed by atoms with Crippen LogP contribution in [0.5, 0.6) is 0 Å². The zero-order chi connectivity index (χ0) is 19.9. The lowest BCUT2D eigenvalue weighted by Crippen LogP contribution is -2.32. The van der Waals surface area contributed by atoms with Gasteiger partial charge in [-0.25, -0.2) is 13.2 Å². The molecule has 0 saturated carbocycles. The Bertz CT molecular complexity index is 948. The topological polar surface area (TPSA) is 57.6 Å². The van der Waals surface area contributed by atoms with Crippen molar-refractivity contribution in [2.75, 3.05) is 4.90 Å². The van der Waals surface area contributed by atoms with Gasteiger partial charge in [0.25, 0.3) is 5.91 Å². The summed E-state index contributed by atoms with van der Waals surface area (Å²) in [7, 11) is 0. The molecule has 4 nitrogen and oxygen atoms in total. The number of carbonyl (C=O) groups excluding carboxylic acids is 2. The normalized spacial score (nSPS) is 17.2. The molecular formula is C20H16F3NO3. The van der Waals surface area contributed by atoms with Gasteiger partial charge >= 0.3 is 0 Å². The molecule has 0 bridgehead atoms. The second-order valence-electron chi connectivity index (χ2n) is 6.51. The van der Waals surface area contributed by atoms with Crippen molar-refractivity contribution in [3.8, 4) is 0 Å². The van der Waals surface area contributed by atoms with E-state index >= 15 is 0 Å². The Hall–Kier alpha value is -3.09. The molecule has 1 atom stereocenters. The van der Waals surface area contributed by atoms with Gasteiger partial charge in [0.2, 0.25) is 0 Å². The van der Waals surface area contributed by atoms with E-state index in [1.807, 2.05) is 0 Å². The number of Topliss-reactive ketones (excluding diaryl/α,β-unsaturated/α-hetero) is 1. The average molecular weight is 375 g/mol. The van der Waals surface area contributed by atoms with Gasteiger partial charge in [-0.15, -0.1) is 0 Å². The Morgan fingerprint density at radius 2 is 1.67 bits per heavy atom. The van der Waals surface area contributed by atoms with Crippen molar-refractivity contribution in [3.63, 3.8) is 0 Å². The van der Waals surface area contributed by atoms with Crippen LogP contribution in [0.15, 0.2) is 53.8 Å². The molecule has 1 N–H and O–H groups in total. The van der Waals surface area contributed by atoms with E-state index in [1.165, 1.54) is 18.2 Å². The van der Waals surface area contributed by atoms with Crippen molar-refractivity contribution < 1.29 is 27.9 Å². The van der Waals surface area contributed by atoms with Crippen LogP contribution in [-0.4, -0.2) is 16.8 Å². The summed E-state index contributed by atoms with van der Waals surface area (Å²) in [6.45, 7) is 3.13. The Morgan fingerprint density at radius 1 is 1.07 bits per heavy atom. The molecule has 2 aromatic rings.